The maximum Gasteiger partial charge on any atom is 0.224 e. The summed E-state index contributed by atoms with van der Waals surface area (Å²) in [6, 6.07) is 0.151. The Bertz CT molecular complexity index is 182. The van der Waals surface area contributed by atoms with E-state index < -0.39 is 0 Å². The smallest absolute Gasteiger partial charge is 0.224 e. The number of carbonyl (C=O) groups excluding carboxylic acids is 1. The lowest BCUT2D eigenvalue weighted by Crippen LogP contribution is -2.33. The van der Waals surface area contributed by atoms with Gasteiger partial charge in [0.05, 0.1) is 0 Å². The van der Waals surface area contributed by atoms with Crippen molar-refractivity contribution in [2.45, 2.75) is 26.8 Å². The zero-order valence-corrected chi connectivity index (χ0v) is 7.42. The van der Waals surface area contributed by atoms with Gasteiger partial charge in [0, 0.05) is 18.7 Å². The molecule has 0 aliphatic carbocycles. The molecule has 0 rings (SSSR count). The van der Waals surface area contributed by atoms with Crippen molar-refractivity contribution >= 4 is 5.91 Å². The highest BCUT2D eigenvalue weighted by Crippen LogP contribution is 2.07. The molecule has 62 valence electrons. The molecular formula is C9H15NO. The fourth-order valence-corrected chi connectivity index (χ4v) is 0.996. The molecule has 1 amide bonds. The van der Waals surface area contributed by atoms with E-state index in [-0.39, 0.29) is 11.9 Å². The summed E-state index contributed by atoms with van der Waals surface area (Å²) in [6.07, 6.45) is 1.58. The Kier molecular flexibility index (Phi) is 3.58. The molecule has 0 heterocycles. The molecule has 0 spiro atoms. The molecule has 0 bridgehead atoms. The van der Waals surface area contributed by atoms with Gasteiger partial charge in [-0.25, -0.2) is 0 Å². The lowest BCUT2D eigenvalue weighted by Gasteiger charge is -2.25. The third-order valence-electron chi connectivity index (χ3n) is 1.40. The summed E-state index contributed by atoms with van der Waals surface area (Å²) >= 11 is 0. The van der Waals surface area contributed by atoms with E-state index in [0.29, 0.717) is 5.70 Å². The van der Waals surface area contributed by atoms with Gasteiger partial charge in [-0.05, 0) is 19.9 Å². The van der Waals surface area contributed by atoms with E-state index in [4.69, 9.17) is 0 Å². The van der Waals surface area contributed by atoms with Crippen LogP contribution < -0.4 is 0 Å². The third kappa shape index (κ3) is 2.58. The quantitative estimate of drug-likeness (QED) is 0.567. The molecule has 2 nitrogen and oxygen atoms in total. The first kappa shape index (κ1) is 9.95. The van der Waals surface area contributed by atoms with Gasteiger partial charge in [-0.15, -0.1) is 0 Å². The van der Waals surface area contributed by atoms with Crippen LogP contribution in [0.5, 0.6) is 0 Å². The molecule has 0 aliphatic rings. The first-order chi connectivity index (χ1) is 5.00. The predicted octanol–water partition coefficient (Wildman–Crippen LogP) is 1.94. The Labute approximate surface area is 68.2 Å². The third-order valence-corrected chi connectivity index (χ3v) is 1.40. The fraction of sp³-hybridized carbons (Fsp3) is 0.444. The van der Waals surface area contributed by atoms with Gasteiger partial charge in [0.1, 0.15) is 0 Å². The molecule has 0 N–H and O–H groups in total. The normalized spacial score (nSPS) is 9.45. The number of hydrogen-bond donors (Lipinski definition) is 0. The number of rotatable bonds is 3. The molecular weight excluding hydrogens is 138 g/mol. The van der Waals surface area contributed by atoms with Crippen molar-refractivity contribution in [3.63, 3.8) is 0 Å². The molecule has 0 atom stereocenters. The topological polar surface area (TPSA) is 20.3 Å². The largest absolute Gasteiger partial charge is 0.311 e. The first-order valence-electron chi connectivity index (χ1n) is 3.61. The maximum atomic E-state index is 11.0. The predicted molar refractivity (Wildman–Crippen MR) is 47.0 cm³/mol. The van der Waals surface area contributed by atoms with Crippen LogP contribution in [0.2, 0.25) is 0 Å². The van der Waals surface area contributed by atoms with Gasteiger partial charge in [-0.1, -0.05) is 13.2 Å². The van der Waals surface area contributed by atoms with Crippen LogP contribution in [0.3, 0.4) is 0 Å². The van der Waals surface area contributed by atoms with Gasteiger partial charge < -0.3 is 4.90 Å². The fourth-order valence-electron chi connectivity index (χ4n) is 0.996. The van der Waals surface area contributed by atoms with Gasteiger partial charge in [-0.3, -0.25) is 4.79 Å². The van der Waals surface area contributed by atoms with Crippen molar-refractivity contribution in [1.29, 1.82) is 0 Å². The second-order valence-corrected chi connectivity index (χ2v) is 2.68. The number of amides is 1. The molecule has 0 fully saturated rings. The Hall–Kier alpha value is -1.05. The van der Waals surface area contributed by atoms with Crippen LogP contribution in [0, 0.1) is 0 Å². The summed E-state index contributed by atoms with van der Waals surface area (Å²) in [5.74, 6) is 0.00454. The van der Waals surface area contributed by atoms with Crippen LogP contribution in [0.4, 0.5) is 0 Å². The molecule has 0 radical (unpaired) electrons. The maximum absolute atomic E-state index is 11.0. The van der Waals surface area contributed by atoms with E-state index in [2.05, 4.69) is 13.2 Å². The number of nitrogens with zero attached hydrogens (tertiary/aromatic N) is 1. The van der Waals surface area contributed by atoms with Crippen LogP contribution in [-0.4, -0.2) is 16.8 Å². The van der Waals surface area contributed by atoms with Crippen molar-refractivity contribution in [2.24, 2.45) is 0 Å². The highest BCUT2D eigenvalue weighted by atomic mass is 16.2. The van der Waals surface area contributed by atoms with E-state index in [1.165, 1.54) is 6.92 Å². The van der Waals surface area contributed by atoms with Gasteiger partial charge in [0.15, 0.2) is 0 Å². The van der Waals surface area contributed by atoms with Crippen LogP contribution in [0.25, 0.3) is 0 Å². The van der Waals surface area contributed by atoms with Crippen molar-refractivity contribution in [3.05, 3.63) is 24.9 Å². The lowest BCUT2D eigenvalue weighted by molar-refractivity contribution is -0.128. The summed E-state index contributed by atoms with van der Waals surface area (Å²) < 4.78 is 0. The second-order valence-electron chi connectivity index (χ2n) is 2.68. The zero-order chi connectivity index (χ0) is 9.02. The lowest BCUT2D eigenvalue weighted by atomic mass is 10.3. The summed E-state index contributed by atoms with van der Waals surface area (Å²) in [6.45, 7) is 12.7. The Morgan fingerprint density at radius 3 is 2.09 bits per heavy atom. The molecule has 0 aromatic rings. The SMILES string of the molecule is C=CC(=C)N(C(C)=O)C(C)C. The van der Waals surface area contributed by atoms with E-state index in [9.17, 15) is 4.79 Å². The highest BCUT2D eigenvalue weighted by Gasteiger charge is 2.12. The molecule has 11 heavy (non-hydrogen) atoms. The number of allylic oxidation sites excluding steroid dienone is 1. The molecule has 0 aromatic heterocycles. The van der Waals surface area contributed by atoms with Crippen LogP contribution in [0.1, 0.15) is 20.8 Å². The molecule has 0 aliphatic heterocycles. The van der Waals surface area contributed by atoms with Crippen LogP contribution in [-0.2, 0) is 4.79 Å². The van der Waals surface area contributed by atoms with E-state index in [1.54, 1.807) is 11.0 Å². The first-order valence-corrected chi connectivity index (χ1v) is 3.61. The number of hydrogen-bond acceptors (Lipinski definition) is 1. The molecule has 0 saturated heterocycles. The molecule has 0 aromatic carbocycles. The minimum Gasteiger partial charge on any atom is -0.311 e. The Morgan fingerprint density at radius 2 is 2.00 bits per heavy atom. The van der Waals surface area contributed by atoms with Crippen molar-refractivity contribution < 1.29 is 4.79 Å². The van der Waals surface area contributed by atoms with Crippen molar-refractivity contribution in [1.82, 2.24) is 4.90 Å². The molecule has 0 saturated carbocycles. The van der Waals surface area contributed by atoms with Gasteiger partial charge in [0.2, 0.25) is 5.91 Å². The average molecular weight is 153 g/mol. The summed E-state index contributed by atoms with van der Waals surface area (Å²) in [5, 5.41) is 0. The molecule has 0 unspecified atom stereocenters. The highest BCUT2D eigenvalue weighted by molar-refractivity contribution is 5.76. The Morgan fingerprint density at radius 1 is 1.55 bits per heavy atom. The minimum absolute atomic E-state index is 0.00454. The van der Waals surface area contributed by atoms with Crippen LogP contribution >= 0.6 is 0 Å². The zero-order valence-electron chi connectivity index (χ0n) is 7.42. The van der Waals surface area contributed by atoms with E-state index >= 15 is 0 Å². The Balaban J connectivity index is 4.46. The van der Waals surface area contributed by atoms with Gasteiger partial charge in [0.25, 0.3) is 0 Å². The van der Waals surface area contributed by atoms with Gasteiger partial charge >= 0.3 is 0 Å². The van der Waals surface area contributed by atoms with Crippen molar-refractivity contribution in [2.75, 3.05) is 0 Å². The average Bonchev–Trinajstić information content (AvgIpc) is 1.85. The van der Waals surface area contributed by atoms with E-state index in [1.807, 2.05) is 13.8 Å². The summed E-state index contributed by atoms with van der Waals surface area (Å²) in [7, 11) is 0. The summed E-state index contributed by atoms with van der Waals surface area (Å²) in [4.78, 5) is 12.6. The van der Waals surface area contributed by atoms with Crippen LogP contribution in [0.15, 0.2) is 24.9 Å². The summed E-state index contributed by atoms with van der Waals surface area (Å²) in [5.41, 5.74) is 0.660. The second kappa shape index (κ2) is 3.96. The van der Waals surface area contributed by atoms with Crippen molar-refractivity contribution in [3.8, 4) is 0 Å². The van der Waals surface area contributed by atoms with Gasteiger partial charge in [-0.2, -0.15) is 0 Å². The number of carbonyl (C=O) groups is 1. The molecule has 2 heteroatoms. The minimum atomic E-state index is 0.00454. The monoisotopic (exact) mass is 153 g/mol. The van der Waals surface area contributed by atoms with E-state index in [0.717, 1.165) is 0 Å². The standard InChI is InChI=1S/C9H15NO/c1-6-8(4)10(7(2)3)9(5)11/h6-7H,1,4H2,2-3,5H3.